The molecule has 4 N–H and O–H groups in total. The third-order valence-electron chi connectivity index (χ3n) is 7.77. The van der Waals surface area contributed by atoms with Crippen LogP contribution < -0.4 is 10.2 Å². The zero-order valence-electron chi connectivity index (χ0n) is 24.0. The Bertz CT molecular complexity index is 1590. The van der Waals surface area contributed by atoms with E-state index in [0.717, 1.165) is 56.1 Å². The molecule has 1 aliphatic heterocycles. The number of carboxylic acids is 1. The molecule has 0 unspecified atom stereocenters. The Kier molecular flexibility index (Phi) is 8.70. The lowest BCUT2D eigenvalue weighted by molar-refractivity contribution is -0.139. The maximum Gasteiger partial charge on any atom is 0.329 e. The summed E-state index contributed by atoms with van der Waals surface area (Å²) >= 11 is 0. The number of fused-ring (bicyclic) bond motifs is 3. The SMILES string of the molecule is CC(C)c1nc2c(c(-c3ccc(F)cc3)c1/C=C/[C@@H](O)C[C@@H](O)CC(=O)O)CCCc1cc(N3C(=O)CNC3=O)ccc1-2. The second-order valence-corrected chi connectivity index (χ2v) is 11.3. The van der Waals surface area contributed by atoms with Crippen molar-refractivity contribution in [3.05, 3.63) is 76.7 Å². The highest BCUT2D eigenvalue weighted by molar-refractivity contribution is 6.20. The van der Waals surface area contributed by atoms with E-state index in [-0.39, 0.29) is 30.6 Å². The predicted octanol–water partition coefficient (Wildman–Crippen LogP) is 4.82. The largest absolute Gasteiger partial charge is 0.481 e. The quantitative estimate of drug-likeness (QED) is 0.263. The van der Waals surface area contributed by atoms with E-state index in [2.05, 4.69) is 5.32 Å². The van der Waals surface area contributed by atoms with Crippen molar-refractivity contribution in [2.24, 2.45) is 0 Å². The summed E-state index contributed by atoms with van der Waals surface area (Å²) < 4.78 is 14.0. The van der Waals surface area contributed by atoms with Crippen molar-refractivity contribution in [3.63, 3.8) is 0 Å². The number of nitrogens with one attached hydrogen (secondary N) is 1. The van der Waals surface area contributed by atoms with E-state index in [0.29, 0.717) is 18.5 Å². The summed E-state index contributed by atoms with van der Waals surface area (Å²) in [5.41, 5.74) is 7.22. The fourth-order valence-corrected chi connectivity index (χ4v) is 5.82. The van der Waals surface area contributed by atoms with E-state index >= 15 is 0 Å². The molecule has 9 nitrogen and oxygen atoms in total. The number of amides is 3. The molecule has 5 rings (SSSR count). The van der Waals surface area contributed by atoms with Gasteiger partial charge >= 0.3 is 12.0 Å². The second kappa shape index (κ2) is 12.4. The van der Waals surface area contributed by atoms with Crippen molar-refractivity contribution in [1.29, 1.82) is 0 Å². The summed E-state index contributed by atoms with van der Waals surface area (Å²) in [7, 11) is 0. The van der Waals surface area contributed by atoms with Gasteiger partial charge < -0.3 is 20.6 Å². The minimum atomic E-state index is -1.20. The number of aryl methyl sites for hydroxylation is 1. The first-order valence-corrected chi connectivity index (χ1v) is 14.4. The zero-order chi connectivity index (χ0) is 30.8. The van der Waals surface area contributed by atoms with Gasteiger partial charge in [-0.2, -0.15) is 0 Å². The van der Waals surface area contributed by atoms with Crippen molar-refractivity contribution in [1.82, 2.24) is 10.3 Å². The van der Waals surface area contributed by atoms with Crippen LogP contribution >= 0.6 is 0 Å². The molecule has 2 heterocycles. The summed E-state index contributed by atoms with van der Waals surface area (Å²) in [6.07, 6.45) is 2.47. The molecule has 2 atom stereocenters. The fourth-order valence-electron chi connectivity index (χ4n) is 5.82. The molecule has 0 radical (unpaired) electrons. The fraction of sp³-hybridized carbons (Fsp3) is 0.333. The van der Waals surface area contributed by atoms with Gasteiger partial charge in [-0.3, -0.25) is 14.6 Å². The van der Waals surface area contributed by atoms with Gasteiger partial charge in [-0.05, 0) is 71.7 Å². The van der Waals surface area contributed by atoms with Crippen LogP contribution in [0.25, 0.3) is 28.5 Å². The first-order valence-electron chi connectivity index (χ1n) is 14.4. The first-order chi connectivity index (χ1) is 20.5. The number of halogens is 1. The summed E-state index contributed by atoms with van der Waals surface area (Å²) in [5.74, 6) is -1.88. The van der Waals surface area contributed by atoms with Gasteiger partial charge in [0, 0.05) is 17.5 Å². The van der Waals surface area contributed by atoms with E-state index in [9.17, 15) is 29.0 Å². The van der Waals surface area contributed by atoms with E-state index in [1.54, 1.807) is 24.3 Å². The molecular weight excluding hydrogens is 553 g/mol. The minimum absolute atomic E-state index is 0.0391. The molecule has 0 saturated carbocycles. The van der Waals surface area contributed by atoms with Crippen LogP contribution in [0.2, 0.25) is 0 Å². The molecule has 3 aromatic rings. The van der Waals surface area contributed by atoms with Gasteiger partial charge in [-0.1, -0.05) is 44.2 Å². The van der Waals surface area contributed by atoms with Crippen LogP contribution in [-0.2, 0) is 22.4 Å². The van der Waals surface area contributed by atoms with Crippen molar-refractivity contribution in [2.45, 2.75) is 64.1 Å². The molecule has 2 aromatic carbocycles. The van der Waals surface area contributed by atoms with Gasteiger partial charge in [-0.15, -0.1) is 0 Å². The van der Waals surface area contributed by atoms with Crippen LogP contribution in [0.15, 0.2) is 48.5 Å². The highest BCUT2D eigenvalue weighted by Gasteiger charge is 2.31. The molecule has 1 fully saturated rings. The van der Waals surface area contributed by atoms with Gasteiger partial charge in [0.15, 0.2) is 0 Å². The number of benzene rings is 2. The number of aliphatic carboxylic acids is 1. The standard InChI is InChI=1S/C33H34FN3O6/c1-18(2)31-27(13-11-23(38)15-24(39)16-29(41)42)30(19-6-8-21(34)9-7-19)26-5-3-4-20-14-22(10-12-25(20)32(26)36-31)37-28(40)17-35-33(37)43/h6-14,18,23-24,38-39H,3-5,15-17H2,1-2H3,(H,35,43)(H,41,42)/b13-11+/t23-,24-/m1/s1. The molecule has 1 saturated heterocycles. The molecule has 0 bridgehead atoms. The monoisotopic (exact) mass is 587 g/mol. The van der Waals surface area contributed by atoms with E-state index in [1.807, 2.05) is 26.0 Å². The lowest BCUT2D eigenvalue weighted by atomic mass is 9.86. The summed E-state index contributed by atoms with van der Waals surface area (Å²) in [6, 6.07) is 11.3. The Hall–Kier alpha value is -4.41. The maximum atomic E-state index is 14.0. The van der Waals surface area contributed by atoms with Crippen molar-refractivity contribution >= 4 is 29.7 Å². The predicted molar refractivity (Wildman–Crippen MR) is 160 cm³/mol. The molecular formula is C33H34FN3O6. The smallest absolute Gasteiger partial charge is 0.329 e. The molecule has 1 aromatic heterocycles. The highest BCUT2D eigenvalue weighted by Crippen LogP contribution is 2.43. The third-order valence-corrected chi connectivity index (χ3v) is 7.77. The van der Waals surface area contributed by atoms with E-state index in [1.165, 1.54) is 18.2 Å². The lowest BCUT2D eigenvalue weighted by Gasteiger charge is -2.22. The number of carbonyl (C=O) groups excluding carboxylic acids is 2. The van der Waals surface area contributed by atoms with Crippen molar-refractivity contribution < 1.29 is 34.1 Å². The number of rotatable bonds is 9. The minimum Gasteiger partial charge on any atom is -0.481 e. The van der Waals surface area contributed by atoms with Crippen LogP contribution in [0.1, 0.15) is 61.4 Å². The normalized spacial score (nSPS) is 16.2. The number of aliphatic hydroxyl groups is 2. The highest BCUT2D eigenvalue weighted by atomic mass is 19.1. The number of aromatic nitrogens is 1. The second-order valence-electron chi connectivity index (χ2n) is 11.3. The summed E-state index contributed by atoms with van der Waals surface area (Å²) in [4.78, 5) is 41.9. The number of carboxylic acid groups (broad SMARTS) is 1. The molecule has 1 aliphatic carbocycles. The van der Waals surface area contributed by atoms with Gasteiger partial charge in [-0.25, -0.2) is 14.1 Å². The van der Waals surface area contributed by atoms with Gasteiger partial charge in [0.1, 0.15) is 5.82 Å². The topological polar surface area (TPSA) is 140 Å². The Morgan fingerprint density at radius 2 is 1.86 bits per heavy atom. The Labute approximate surface area is 248 Å². The number of urea groups is 1. The Balaban J connectivity index is 1.66. The number of hydrogen-bond donors (Lipinski definition) is 4. The molecule has 0 spiro atoms. The van der Waals surface area contributed by atoms with Crippen LogP contribution in [0.5, 0.6) is 0 Å². The average Bonchev–Trinajstić information content (AvgIpc) is 3.17. The molecule has 43 heavy (non-hydrogen) atoms. The summed E-state index contributed by atoms with van der Waals surface area (Å²) in [5, 5.41) is 32.2. The van der Waals surface area contributed by atoms with Crippen molar-refractivity contribution in [2.75, 3.05) is 11.4 Å². The number of nitrogens with zero attached hydrogens (tertiary/aromatic N) is 2. The van der Waals surface area contributed by atoms with Gasteiger partial charge in [0.25, 0.3) is 5.91 Å². The van der Waals surface area contributed by atoms with E-state index in [4.69, 9.17) is 10.1 Å². The first kappa shape index (κ1) is 30.1. The maximum absolute atomic E-state index is 14.0. The Morgan fingerprint density at radius 3 is 2.51 bits per heavy atom. The Morgan fingerprint density at radius 1 is 1.12 bits per heavy atom. The number of hydrogen-bond acceptors (Lipinski definition) is 6. The number of aliphatic hydroxyl groups excluding tert-OH is 2. The number of anilines is 1. The van der Waals surface area contributed by atoms with Crippen LogP contribution in [0.4, 0.5) is 14.9 Å². The molecule has 2 aliphatic rings. The summed E-state index contributed by atoms with van der Waals surface area (Å²) in [6.45, 7) is 3.97. The number of imide groups is 1. The molecule has 224 valence electrons. The van der Waals surface area contributed by atoms with Gasteiger partial charge in [0.2, 0.25) is 0 Å². The number of carbonyl (C=O) groups is 3. The molecule has 10 heteroatoms. The van der Waals surface area contributed by atoms with Crippen LogP contribution in [0, 0.1) is 5.82 Å². The molecule has 3 amide bonds. The number of pyridine rings is 1. The third kappa shape index (κ3) is 6.35. The average molecular weight is 588 g/mol. The van der Waals surface area contributed by atoms with Crippen LogP contribution in [0.3, 0.4) is 0 Å². The van der Waals surface area contributed by atoms with E-state index < -0.39 is 30.6 Å². The lowest BCUT2D eigenvalue weighted by Crippen LogP contribution is -2.30. The van der Waals surface area contributed by atoms with Crippen molar-refractivity contribution in [3.8, 4) is 22.4 Å². The van der Waals surface area contributed by atoms with Crippen LogP contribution in [-0.4, -0.2) is 57.0 Å². The van der Waals surface area contributed by atoms with Gasteiger partial charge in [0.05, 0.1) is 42.2 Å². The zero-order valence-corrected chi connectivity index (χ0v) is 24.0.